The van der Waals surface area contributed by atoms with Crippen LogP contribution in [0.3, 0.4) is 0 Å². The van der Waals surface area contributed by atoms with E-state index in [1.54, 1.807) is 0 Å². The molecule has 0 aromatic rings. The Kier molecular flexibility index (Phi) is 2.95. The number of piperidine rings is 1. The van der Waals surface area contributed by atoms with Crippen LogP contribution >= 0.6 is 0 Å². The number of likely N-dealkylation sites (tertiary alicyclic amines) is 1. The Balaban J connectivity index is 1.50. The average molecular weight is 210 g/mol. The maximum Gasteiger partial charge on any atom is 0.0707 e. The lowest BCUT2D eigenvalue weighted by molar-refractivity contribution is -0.0412. The summed E-state index contributed by atoms with van der Waals surface area (Å²) in [4.78, 5) is 2.62. The van der Waals surface area contributed by atoms with E-state index in [4.69, 9.17) is 4.74 Å². The van der Waals surface area contributed by atoms with Crippen molar-refractivity contribution in [2.75, 3.05) is 26.2 Å². The van der Waals surface area contributed by atoms with E-state index in [0.29, 0.717) is 12.2 Å². The molecule has 0 aromatic carbocycles. The van der Waals surface area contributed by atoms with Crippen molar-refractivity contribution in [3.63, 3.8) is 0 Å². The van der Waals surface area contributed by atoms with Gasteiger partial charge in [-0.2, -0.15) is 0 Å². The Hall–Kier alpha value is -0.120. The van der Waals surface area contributed by atoms with Gasteiger partial charge in [-0.15, -0.1) is 0 Å². The van der Waals surface area contributed by atoms with Crippen LogP contribution in [0.4, 0.5) is 0 Å². The van der Waals surface area contributed by atoms with Gasteiger partial charge in [-0.25, -0.2) is 0 Å². The van der Waals surface area contributed by atoms with E-state index in [0.717, 1.165) is 6.04 Å². The van der Waals surface area contributed by atoms with Crippen LogP contribution in [0.5, 0.6) is 0 Å². The second-order valence-electron chi connectivity index (χ2n) is 5.32. The van der Waals surface area contributed by atoms with E-state index >= 15 is 0 Å². The molecule has 3 rings (SSSR count). The van der Waals surface area contributed by atoms with Crippen LogP contribution in [0.2, 0.25) is 0 Å². The van der Waals surface area contributed by atoms with Gasteiger partial charge in [-0.1, -0.05) is 6.42 Å². The maximum absolute atomic E-state index is 5.85. The first-order valence-corrected chi connectivity index (χ1v) is 6.51. The van der Waals surface area contributed by atoms with Crippen LogP contribution in [-0.2, 0) is 4.74 Å². The third-order valence-electron chi connectivity index (χ3n) is 4.01. The molecule has 0 saturated carbocycles. The van der Waals surface area contributed by atoms with Gasteiger partial charge < -0.3 is 10.1 Å². The molecular weight excluding hydrogens is 188 g/mol. The molecule has 86 valence electrons. The molecule has 0 amide bonds. The molecule has 3 aliphatic heterocycles. The minimum absolute atomic E-state index is 0.548. The van der Waals surface area contributed by atoms with Crippen molar-refractivity contribution in [2.24, 2.45) is 0 Å². The molecule has 0 aliphatic carbocycles. The van der Waals surface area contributed by atoms with Gasteiger partial charge in [0.05, 0.1) is 12.2 Å². The highest BCUT2D eigenvalue weighted by Crippen LogP contribution is 2.26. The summed E-state index contributed by atoms with van der Waals surface area (Å²) in [6.07, 6.45) is 7.82. The van der Waals surface area contributed by atoms with Crippen LogP contribution in [0.15, 0.2) is 0 Å². The van der Waals surface area contributed by atoms with Crippen molar-refractivity contribution < 1.29 is 4.74 Å². The summed E-state index contributed by atoms with van der Waals surface area (Å²) < 4.78 is 5.85. The third kappa shape index (κ3) is 2.35. The van der Waals surface area contributed by atoms with Crippen LogP contribution in [-0.4, -0.2) is 49.3 Å². The molecule has 0 spiro atoms. The normalized spacial score (nSPS) is 42.0. The fourth-order valence-corrected chi connectivity index (χ4v) is 3.24. The standard InChI is InChI=1S/C12H22N2O/c1-2-6-13-10(3-1)7-14-8-11-4-5-12(9-14)15-11/h10-13H,1-9H2. The lowest BCUT2D eigenvalue weighted by atomic mass is 10.0. The predicted molar refractivity (Wildman–Crippen MR) is 60.0 cm³/mol. The lowest BCUT2D eigenvalue weighted by Crippen LogP contribution is -2.49. The molecule has 0 aromatic heterocycles. The van der Waals surface area contributed by atoms with Crippen molar-refractivity contribution in [3.05, 3.63) is 0 Å². The van der Waals surface area contributed by atoms with Gasteiger partial charge in [0, 0.05) is 25.7 Å². The molecular formula is C12H22N2O. The summed E-state index contributed by atoms with van der Waals surface area (Å²) >= 11 is 0. The van der Waals surface area contributed by atoms with E-state index in [-0.39, 0.29) is 0 Å². The second-order valence-corrected chi connectivity index (χ2v) is 5.32. The first-order chi connectivity index (χ1) is 7.40. The van der Waals surface area contributed by atoms with Crippen LogP contribution in [0.1, 0.15) is 32.1 Å². The SMILES string of the molecule is C1CCC(CN2CC3CCC(C2)O3)NC1. The first kappa shape index (κ1) is 10.1. The van der Waals surface area contributed by atoms with Gasteiger partial charge in [0.2, 0.25) is 0 Å². The average Bonchev–Trinajstić information content (AvgIpc) is 2.60. The topological polar surface area (TPSA) is 24.5 Å². The Bertz CT molecular complexity index is 204. The Labute approximate surface area is 92.2 Å². The number of fused-ring (bicyclic) bond motifs is 2. The smallest absolute Gasteiger partial charge is 0.0707 e. The number of nitrogens with one attached hydrogen (secondary N) is 1. The first-order valence-electron chi connectivity index (χ1n) is 6.51. The highest BCUT2D eigenvalue weighted by atomic mass is 16.5. The number of hydrogen-bond donors (Lipinski definition) is 1. The minimum atomic E-state index is 0.548. The van der Waals surface area contributed by atoms with Crippen molar-refractivity contribution in [1.82, 2.24) is 10.2 Å². The number of hydrogen-bond acceptors (Lipinski definition) is 3. The predicted octanol–water partition coefficient (Wildman–Crippen LogP) is 0.992. The number of ether oxygens (including phenoxy) is 1. The highest BCUT2D eigenvalue weighted by Gasteiger charge is 2.34. The van der Waals surface area contributed by atoms with Crippen molar-refractivity contribution in [1.29, 1.82) is 0 Å². The van der Waals surface area contributed by atoms with E-state index in [1.807, 2.05) is 0 Å². The molecule has 3 fully saturated rings. The van der Waals surface area contributed by atoms with E-state index < -0.39 is 0 Å². The highest BCUT2D eigenvalue weighted by molar-refractivity contribution is 4.87. The van der Waals surface area contributed by atoms with Gasteiger partial charge >= 0.3 is 0 Å². The number of rotatable bonds is 2. The molecule has 3 atom stereocenters. The molecule has 3 aliphatic rings. The Morgan fingerprint density at radius 2 is 1.87 bits per heavy atom. The number of morpholine rings is 1. The lowest BCUT2D eigenvalue weighted by Gasteiger charge is -2.35. The molecule has 1 N–H and O–H groups in total. The van der Waals surface area contributed by atoms with Gasteiger partial charge in [0.1, 0.15) is 0 Å². The van der Waals surface area contributed by atoms with Crippen LogP contribution in [0.25, 0.3) is 0 Å². The fraction of sp³-hybridized carbons (Fsp3) is 1.00. The Morgan fingerprint density at radius 3 is 2.53 bits per heavy atom. The van der Waals surface area contributed by atoms with Crippen molar-refractivity contribution in [2.45, 2.75) is 50.4 Å². The molecule has 0 radical (unpaired) electrons. The summed E-state index contributed by atoms with van der Waals surface area (Å²) in [7, 11) is 0. The Morgan fingerprint density at radius 1 is 1.07 bits per heavy atom. The molecule has 3 heterocycles. The van der Waals surface area contributed by atoms with Gasteiger partial charge in [-0.3, -0.25) is 4.90 Å². The van der Waals surface area contributed by atoms with Crippen LogP contribution in [0, 0.1) is 0 Å². The summed E-state index contributed by atoms with van der Waals surface area (Å²) in [6, 6.07) is 0.747. The van der Waals surface area contributed by atoms with E-state index in [2.05, 4.69) is 10.2 Å². The van der Waals surface area contributed by atoms with Gasteiger partial charge in [0.15, 0.2) is 0 Å². The minimum Gasteiger partial charge on any atom is -0.372 e. The molecule has 3 saturated heterocycles. The zero-order valence-corrected chi connectivity index (χ0v) is 9.45. The maximum atomic E-state index is 5.85. The monoisotopic (exact) mass is 210 g/mol. The van der Waals surface area contributed by atoms with Crippen molar-refractivity contribution in [3.8, 4) is 0 Å². The quantitative estimate of drug-likeness (QED) is 0.735. The van der Waals surface area contributed by atoms with Crippen molar-refractivity contribution >= 4 is 0 Å². The third-order valence-corrected chi connectivity index (χ3v) is 4.01. The molecule has 2 bridgehead atoms. The summed E-state index contributed by atoms with van der Waals surface area (Å²) in [6.45, 7) is 4.82. The summed E-state index contributed by atoms with van der Waals surface area (Å²) in [5.74, 6) is 0. The van der Waals surface area contributed by atoms with E-state index in [9.17, 15) is 0 Å². The number of nitrogens with zero attached hydrogens (tertiary/aromatic N) is 1. The molecule has 3 unspecified atom stereocenters. The molecule has 3 heteroatoms. The van der Waals surface area contributed by atoms with Gasteiger partial charge in [-0.05, 0) is 32.2 Å². The van der Waals surface area contributed by atoms with Crippen LogP contribution < -0.4 is 5.32 Å². The second kappa shape index (κ2) is 4.40. The zero-order chi connectivity index (χ0) is 10.1. The van der Waals surface area contributed by atoms with E-state index in [1.165, 1.54) is 58.3 Å². The summed E-state index contributed by atoms with van der Waals surface area (Å²) in [5.41, 5.74) is 0. The molecule has 3 nitrogen and oxygen atoms in total. The van der Waals surface area contributed by atoms with Gasteiger partial charge in [0.25, 0.3) is 0 Å². The zero-order valence-electron chi connectivity index (χ0n) is 9.45. The fourth-order valence-electron chi connectivity index (χ4n) is 3.24. The summed E-state index contributed by atoms with van der Waals surface area (Å²) in [5, 5.41) is 3.63. The largest absolute Gasteiger partial charge is 0.372 e. The molecule has 15 heavy (non-hydrogen) atoms.